The van der Waals surface area contributed by atoms with Crippen molar-refractivity contribution in [1.29, 1.82) is 0 Å². The van der Waals surface area contributed by atoms with Gasteiger partial charge in [0.15, 0.2) is 14.6 Å². The molecule has 154 valence electrons. The summed E-state index contributed by atoms with van der Waals surface area (Å²) in [4.78, 5) is 24.4. The highest BCUT2D eigenvalue weighted by atomic mass is 28.4. The van der Waals surface area contributed by atoms with Crippen LogP contribution in [0.25, 0.3) is 0 Å². The van der Waals surface area contributed by atoms with Gasteiger partial charge in [-0.25, -0.2) is 0 Å². The Morgan fingerprint density at radius 2 is 1.96 bits per heavy atom. The molecule has 3 aliphatic rings. The Hall–Kier alpha value is -0.803. The van der Waals surface area contributed by atoms with Crippen molar-refractivity contribution in [2.24, 2.45) is 5.41 Å². The summed E-state index contributed by atoms with van der Waals surface area (Å²) < 4.78 is 23.7. The summed E-state index contributed by atoms with van der Waals surface area (Å²) in [6, 6.07) is 0. The lowest BCUT2D eigenvalue weighted by molar-refractivity contribution is -0.363. The summed E-state index contributed by atoms with van der Waals surface area (Å²) in [6.45, 7) is 13.8. The second kappa shape index (κ2) is 6.35. The minimum absolute atomic E-state index is 0.0335. The normalized spacial score (nSPS) is 42.0. The van der Waals surface area contributed by atoms with E-state index in [2.05, 4.69) is 33.9 Å². The molecule has 0 aromatic carbocycles. The third kappa shape index (κ3) is 3.00. The maximum Gasteiger partial charge on any atom is 0.305 e. The van der Waals surface area contributed by atoms with Crippen molar-refractivity contribution in [2.45, 2.75) is 102 Å². The van der Waals surface area contributed by atoms with Crippen molar-refractivity contribution >= 4 is 20.1 Å². The first-order valence-electron chi connectivity index (χ1n) is 9.64. The molecule has 27 heavy (non-hydrogen) atoms. The molecule has 7 nitrogen and oxygen atoms in total. The van der Waals surface area contributed by atoms with E-state index in [0.29, 0.717) is 19.3 Å². The SMILES string of the molecule is CC(=O)O[C@H]1O[C@H]2C[C@]3(C)C(=O)CC[C@@H](O[Si](C)(C)C(C)(C)C)[C@@]3(O2)[C@@H]1O. The highest BCUT2D eigenvalue weighted by Crippen LogP contribution is 2.60. The van der Waals surface area contributed by atoms with E-state index >= 15 is 0 Å². The van der Waals surface area contributed by atoms with Crippen molar-refractivity contribution in [3.05, 3.63) is 0 Å². The molecule has 0 aromatic heterocycles. The molecular formula is C19H32O7Si. The van der Waals surface area contributed by atoms with E-state index in [1.165, 1.54) is 6.92 Å². The molecule has 2 bridgehead atoms. The molecule has 1 aliphatic carbocycles. The van der Waals surface area contributed by atoms with Crippen LogP contribution in [0, 0.1) is 5.41 Å². The fourth-order valence-corrected chi connectivity index (χ4v) is 5.78. The fraction of sp³-hybridized carbons (Fsp3) is 0.895. The van der Waals surface area contributed by atoms with Gasteiger partial charge < -0.3 is 23.7 Å². The van der Waals surface area contributed by atoms with Crippen LogP contribution >= 0.6 is 0 Å². The number of hydrogen-bond acceptors (Lipinski definition) is 7. The quantitative estimate of drug-likeness (QED) is 0.575. The third-order valence-electron chi connectivity index (χ3n) is 7.00. The van der Waals surface area contributed by atoms with Gasteiger partial charge in [-0.3, -0.25) is 9.59 Å². The van der Waals surface area contributed by atoms with Crippen LogP contribution in [0.1, 0.15) is 53.9 Å². The summed E-state index contributed by atoms with van der Waals surface area (Å²) in [5.74, 6) is -0.520. The minimum atomic E-state index is -2.20. The monoisotopic (exact) mass is 400 g/mol. The molecule has 0 aromatic rings. The Labute approximate surface area is 161 Å². The Morgan fingerprint density at radius 3 is 2.52 bits per heavy atom. The molecule has 2 saturated heterocycles. The van der Waals surface area contributed by atoms with Gasteiger partial charge in [-0.2, -0.15) is 0 Å². The third-order valence-corrected chi connectivity index (χ3v) is 11.5. The second-order valence-corrected chi connectivity index (χ2v) is 14.5. The van der Waals surface area contributed by atoms with Gasteiger partial charge in [0.2, 0.25) is 6.29 Å². The number of rotatable bonds is 3. The lowest BCUT2D eigenvalue weighted by atomic mass is 9.60. The summed E-state index contributed by atoms with van der Waals surface area (Å²) in [5.41, 5.74) is -2.22. The van der Waals surface area contributed by atoms with Gasteiger partial charge in [0.05, 0.1) is 11.5 Å². The molecule has 3 fully saturated rings. The number of fused-ring (bicyclic) bond motifs is 1. The average molecular weight is 401 g/mol. The van der Waals surface area contributed by atoms with Crippen LogP contribution in [0.3, 0.4) is 0 Å². The summed E-state index contributed by atoms with van der Waals surface area (Å²) in [5, 5.41) is 11.2. The van der Waals surface area contributed by atoms with Crippen LogP contribution in [0.15, 0.2) is 0 Å². The molecule has 0 radical (unpaired) electrons. The molecule has 0 unspecified atom stereocenters. The van der Waals surface area contributed by atoms with E-state index in [4.69, 9.17) is 18.6 Å². The molecule has 1 saturated carbocycles. The van der Waals surface area contributed by atoms with Crippen molar-refractivity contribution in [1.82, 2.24) is 0 Å². The smallest absolute Gasteiger partial charge is 0.305 e. The lowest BCUT2D eigenvalue weighted by Crippen LogP contribution is -2.71. The number of aliphatic hydroxyl groups excluding tert-OH is 1. The summed E-state index contributed by atoms with van der Waals surface area (Å²) in [6.07, 6.45) is -2.49. The molecule has 8 heteroatoms. The van der Waals surface area contributed by atoms with Crippen LogP contribution in [0.4, 0.5) is 0 Å². The number of ketones is 1. The van der Waals surface area contributed by atoms with Gasteiger partial charge in [0, 0.05) is 19.8 Å². The van der Waals surface area contributed by atoms with Crippen LogP contribution in [-0.2, 0) is 28.2 Å². The predicted molar refractivity (Wildman–Crippen MR) is 99.3 cm³/mol. The molecule has 2 heterocycles. The molecular weight excluding hydrogens is 368 g/mol. The van der Waals surface area contributed by atoms with E-state index < -0.39 is 50.1 Å². The Kier molecular flexibility index (Phi) is 4.92. The topological polar surface area (TPSA) is 91.3 Å². The molecule has 1 spiro atoms. The van der Waals surface area contributed by atoms with E-state index in [1.807, 2.05) is 6.92 Å². The zero-order valence-electron chi connectivity index (χ0n) is 17.3. The van der Waals surface area contributed by atoms with Crippen LogP contribution in [0.5, 0.6) is 0 Å². The molecule has 6 atom stereocenters. The van der Waals surface area contributed by atoms with E-state index in [-0.39, 0.29) is 10.8 Å². The molecule has 2 aliphatic heterocycles. The van der Waals surface area contributed by atoms with Crippen LogP contribution in [-0.4, -0.2) is 55.6 Å². The lowest BCUT2D eigenvalue weighted by Gasteiger charge is -2.55. The summed E-state index contributed by atoms with van der Waals surface area (Å²) in [7, 11) is -2.20. The maximum absolute atomic E-state index is 12.9. The van der Waals surface area contributed by atoms with Crippen molar-refractivity contribution in [3.63, 3.8) is 0 Å². The van der Waals surface area contributed by atoms with Gasteiger partial charge in [-0.05, 0) is 31.5 Å². The molecule has 0 amide bonds. The van der Waals surface area contributed by atoms with E-state index in [9.17, 15) is 14.7 Å². The number of carbonyl (C=O) groups is 2. The zero-order valence-corrected chi connectivity index (χ0v) is 18.3. The number of esters is 1. The highest BCUT2D eigenvalue weighted by molar-refractivity contribution is 6.74. The van der Waals surface area contributed by atoms with E-state index in [0.717, 1.165) is 0 Å². The van der Waals surface area contributed by atoms with Gasteiger partial charge in [-0.15, -0.1) is 0 Å². The molecule has 1 N–H and O–H groups in total. The Morgan fingerprint density at radius 1 is 1.33 bits per heavy atom. The fourth-order valence-electron chi connectivity index (χ4n) is 4.42. The first-order valence-corrected chi connectivity index (χ1v) is 12.5. The first kappa shape index (κ1) is 20.9. The zero-order chi connectivity index (χ0) is 20.4. The minimum Gasteiger partial charge on any atom is -0.433 e. The van der Waals surface area contributed by atoms with E-state index in [1.54, 1.807) is 0 Å². The predicted octanol–water partition coefficient (Wildman–Crippen LogP) is 2.51. The highest BCUT2D eigenvalue weighted by Gasteiger charge is 2.74. The van der Waals surface area contributed by atoms with Gasteiger partial charge in [0.25, 0.3) is 0 Å². The average Bonchev–Trinajstić information content (AvgIpc) is 2.78. The van der Waals surface area contributed by atoms with Gasteiger partial charge in [0.1, 0.15) is 17.5 Å². The van der Waals surface area contributed by atoms with Crippen molar-refractivity contribution in [2.75, 3.05) is 0 Å². The van der Waals surface area contributed by atoms with Crippen molar-refractivity contribution in [3.8, 4) is 0 Å². The number of ether oxygens (including phenoxy) is 3. The number of hydrogen-bond donors (Lipinski definition) is 1. The number of aliphatic hydroxyl groups is 1. The van der Waals surface area contributed by atoms with Crippen LogP contribution in [0.2, 0.25) is 18.1 Å². The summed E-state index contributed by atoms with van der Waals surface area (Å²) >= 11 is 0. The standard InChI is InChI=1S/C19H32O7Si/c1-11(20)23-16-15(22)19-13(26-27(6,7)17(2,3)4)9-8-12(21)18(19,5)10-14(24-16)25-19/h13-16,22H,8-10H2,1-7H3/t13-,14-,15-,16+,18-,19-/m1/s1. The first-order chi connectivity index (χ1) is 12.2. The van der Waals surface area contributed by atoms with Crippen molar-refractivity contribution < 1.29 is 33.3 Å². The number of Topliss-reactive ketones (excluding diaryl/α,β-unsaturated/α-hetero) is 1. The Bertz CT molecular complexity index is 642. The maximum atomic E-state index is 12.9. The Balaban J connectivity index is 2.03. The van der Waals surface area contributed by atoms with Gasteiger partial charge >= 0.3 is 5.97 Å². The largest absolute Gasteiger partial charge is 0.433 e. The number of carbonyl (C=O) groups excluding carboxylic acids is 2. The van der Waals surface area contributed by atoms with Crippen LogP contribution < -0.4 is 0 Å². The molecule has 3 rings (SSSR count). The second-order valence-electron chi connectivity index (χ2n) is 9.76. The van der Waals surface area contributed by atoms with Gasteiger partial charge in [-0.1, -0.05) is 20.8 Å².